The highest BCUT2D eigenvalue weighted by Crippen LogP contribution is 2.28. The van der Waals surface area contributed by atoms with E-state index in [1.165, 1.54) is 0 Å². The van der Waals surface area contributed by atoms with E-state index in [1.807, 2.05) is 30.3 Å². The summed E-state index contributed by atoms with van der Waals surface area (Å²) in [5.41, 5.74) is 1.71. The molecular formula is C19H14ClN3O3S. The van der Waals surface area contributed by atoms with E-state index in [9.17, 15) is 9.59 Å². The average molecular weight is 400 g/mol. The topological polar surface area (TPSA) is 84.9 Å². The van der Waals surface area contributed by atoms with E-state index in [2.05, 4.69) is 15.0 Å². The van der Waals surface area contributed by atoms with E-state index in [-0.39, 0.29) is 12.2 Å². The van der Waals surface area contributed by atoms with Crippen LogP contribution in [0.15, 0.2) is 35.1 Å². The van der Waals surface area contributed by atoms with Crippen molar-refractivity contribution >= 4 is 50.0 Å². The van der Waals surface area contributed by atoms with Crippen LogP contribution in [-0.2, 0) is 11.3 Å². The number of aromatic nitrogens is 3. The number of rotatable bonds is 3. The number of para-hydroxylation sites is 1. The zero-order chi connectivity index (χ0) is 19.1. The number of aromatic amines is 1. The van der Waals surface area contributed by atoms with Crippen LogP contribution < -0.4 is 5.56 Å². The molecule has 3 aromatic heterocycles. The lowest BCUT2D eigenvalue weighted by molar-refractivity contribution is 0.0478. The number of nitrogens with one attached hydrogen (secondary N) is 1. The number of pyridine rings is 1. The molecule has 136 valence electrons. The van der Waals surface area contributed by atoms with Crippen LogP contribution in [0.1, 0.15) is 26.6 Å². The van der Waals surface area contributed by atoms with Crippen LogP contribution in [-0.4, -0.2) is 20.9 Å². The van der Waals surface area contributed by atoms with Crippen LogP contribution in [0.4, 0.5) is 0 Å². The van der Waals surface area contributed by atoms with Crippen LogP contribution in [0.2, 0.25) is 5.15 Å². The van der Waals surface area contributed by atoms with Gasteiger partial charge in [-0.3, -0.25) is 4.79 Å². The third-order valence-corrected chi connectivity index (χ3v) is 5.71. The molecule has 0 bridgehead atoms. The molecule has 0 saturated carbocycles. The Kier molecular flexibility index (Phi) is 4.41. The van der Waals surface area contributed by atoms with Crippen molar-refractivity contribution in [1.29, 1.82) is 0 Å². The third kappa shape index (κ3) is 3.20. The number of H-pyrrole nitrogens is 1. The minimum Gasteiger partial charge on any atom is -0.457 e. The van der Waals surface area contributed by atoms with Crippen molar-refractivity contribution < 1.29 is 9.53 Å². The number of ether oxygens (including phenoxy) is 1. The number of nitrogens with zero attached hydrogens (tertiary/aromatic N) is 2. The van der Waals surface area contributed by atoms with Crippen LogP contribution >= 0.6 is 22.9 Å². The first kappa shape index (κ1) is 17.6. The predicted octanol–water partition coefficient (Wildman–Crippen LogP) is 4.16. The molecule has 0 aliphatic heterocycles. The molecule has 0 spiro atoms. The number of carbonyl (C=O) groups excluding carboxylic acids is 1. The van der Waals surface area contributed by atoms with Crippen molar-refractivity contribution in [1.82, 2.24) is 15.0 Å². The summed E-state index contributed by atoms with van der Waals surface area (Å²) < 4.78 is 5.43. The summed E-state index contributed by atoms with van der Waals surface area (Å²) in [4.78, 5) is 36.8. The van der Waals surface area contributed by atoms with E-state index >= 15 is 0 Å². The maximum atomic E-state index is 12.6. The Hall–Kier alpha value is -2.77. The van der Waals surface area contributed by atoms with E-state index in [4.69, 9.17) is 16.3 Å². The summed E-state index contributed by atoms with van der Waals surface area (Å²) >= 11 is 7.36. The first-order chi connectivity index (χ1) is 12.9. The van der Waals surface area contributed by atoms with Crippen molar-refractivity contribution in [2.75, 3.05) is 0 Å². The Balaban J connectivity index is 1.63. The second-order valence-corrected chi connectivity index (χ2v) is 7.45. The molecule has 1 aromatic carbocycles. The average Bonchev–Trinajstić information content (AvgIpc) is 2.96. The molecule has 0 saturated heterocycles. The summed E-state index contributed by atoms with van der Waals surface area (Å²) in [6.45, 7) is 3.40. The van der Waals surface area contributed by atoms with Gasteiger partial charge in [-0.05, 0) is 31.5 Å². The molecule has 0 unspecified atom stereocenters. The van der Waals surface area contributed by atoms with E-state index < -0.39 is 5.97 Å². The fraction of sp³-hybridized carbons (Fsp3) is 0.158. The lowest BCUT2D eigenvalue weighted by atomic mass is 10.2. The van der Waals surface area contributed by atoms with Crippen molar-refractivity contribution in [2.45, 2.75) is 20.5 Å². The molecule has 8 heteroatoms. The standard InChI is InChI=1S/C19H14ClN3O3S/c1-9-14-17(24)21-10(2)22-18(14)27-15(9)19(25)26-8-12-7-11-5-3-4-6-13(11)23-16(12)20/h3-7H,8H2,1-2H3,(H,21,22,24). The van der Waals surface area contributed by atoms with Crippen molar-refractivity contribution in [2.24, 2.45) is 0 Å². The smallest absolute Gasteiger partial charge is 0.349 e. The van der Waals surface area contributed by atoms with Crippen molar-refractivity contribution in [3.05, 3.63) is 67.7 Å². The van der Waals surface area contributed by atoms with Gasteiger partial charge in [-0.2, -0.15) is 0 Å². The molecular weight excluding hydrogens is 386 g/mol. The molecule has 4 rings (SSSR count). The van der Waals surface area contributed by atoms with Gasteiger partial charge in [0.05, 0.1) is 10.9 Å². The van der Waals surface area contributed by atoms with Gasteiger partial charge in [0, 0.05) is 10.9 Å². The quantitative estimate of drug-likeness (QED) is 0.413. The number of hydrogen-bond acceptors (Lipinski definition) is 6. The number of carbonyl (C=O) groups is 1. The van der Waals surface area contributed by atoms with E-state index in [1.54, 1.807) is 13.8 Å². The SMILES string of the molecule is Cc1nc2sc(C(=O)OCc3cc4ccccc4nc3Cl)c(C)c2c(=O)[nH]1. The minimum absolute atomic E-state index is 0.00794. The van der Waals surface area contributed by atoms with Gasteiger partial charge in [0.25, 0.3) is 5.56 Å². The maximum absolute atomic E-state index is 12.6. The first-order valence-electron chi connectivity index (χ1n) is 8.15. The zero-order valence-corrected chi connectivity index (χ0v) is 16.1. The van der Waals surface area contributed by atoms with E-state index in [0.717, 1.165) is 22.2 Å². The summed E-state index contributed by atoms with van der Waals surface area (Å²) in [5.74, 6) is -0.0144. The van der Waals surface area contributed by atoms with Crippen molar-refractivity contribution in [3.63, 3.8) is 0 Å². The largest absolute Gasteiger partial charge is 0.457 e. The normalized spacial score (nSPS) is 11.2. The highest BCUT2D eigenvalue weighted by atomic mass is 35.5. The summed E-state index contributed by atoms with van der Waals surface area (Å²) in [6, 6.07) is 9.42. The van der Waals surface area contributed by atoms with Gasteiger partial charge in [0.15, 0.2) is 0 Å². The summed E-state index contributed by atoms with van der Waals surface area (Å²) in [7, 11) is 0. The van der Waals surface area contributed by atoms with Gasteiger partial charge in [0.1, 0.15) is 27.3 Å². The van der Waals surface area contributed by atoms with Gasteiger partial charge in [-0.1, -0.05) is 29.8 Å². The molecule has 3 heterocycles. The number of fused-ring (bicyclic) bond motifs is 2. The van der Waals surface area contributed by atoms with Crippen LogP contribution in [0.25, 0.3) is 21.1 Å². The van der Waals surface area contributed by atoms with Gasteiger partial charge in [-0.15, -0.1) is 11.3 Å². The number of benzene rings is 1. The molecule has 0 atom stereocenters. The molecule has 6 nitrogen and oxygen atoms in total. The molecule has 0 amide bonds. The van der Waals surface area contributed by atoms with Gasteiger partial charge in [-0.25, -0.2) is 14.8 Å². The summed E-state index contributed by atoms with van der Waals surface area (Å²) in [5, 5.41) is 1.63. The molecule has 27 heavy (non-hydrogen) atoms. The second-order valence-electron chi connectivity index (χ2n) is 6.09. The lowest BCUT2D eigenvalue weighted by Gasteiger charge is -2.07. The Bertz CT molecular complexity index is 1260. The van der Waals surface area contributed by atoms with Gasteiger partial charge in [0.2, 0.25) is 0 Å². The summed E-state index contributed by atoms with van der Waals surface area (Å²) in [6.07, 6.45) is 0. The monoisotopic (exact) mass is 399 g/mol. The second kappa shape index (κ2) is 6.75. The highest BCUT2D eigenvalue weighted by Gasteiger charge is 2.20. The molecule has 0 fully saturated rings. The number of halogens is 1. The molecule has 0 aliphatic rings. The molecule has 1 N–H and O–H groups in total. The minimum atomic E-state index is -0.517. The number of esters is 1. The predicted molar refractivity (Wildman–Crippen MR) is 106 cm³/mol. The van der Waals surface area contributed by atoms with Gasteiger partial charge >= 0.3 is 5.97 Å². The molecule has 0 radical (unpaired) electrons. The molecule has 4 aromatic rings. The number of aryl methyl sites for hydroxylation is 2. The Morgan fingerprint density at radius 3 is 2.85 bits per heavy atom. The highest BCUT2D eigenvalue weighted by molar-refractivity contribution is 7.20. The van der Waals surface area contributed by atoms with Crippen LogP contribution in [0.3, 0.4) is 0 Å². The number of hydrogen-bond donors (Lipinski definition) is 1. The molecule has 0 aliphatic carbocycles. The third-order valence-electron chi connectivity index (χ3n) is 4.21. The zero-order valence-electron chi connectivity index (χ0n) is 14.5. The maximum Gasteiger partial charge on any atom is 0.349 e. The van der Waals surface area contributed by atoms with Gasteiger partial charge < -0.3 is 9.72 Å². The fourth-order valence-corrected chi connectivity index (χ4v) is 4.21. The van der Waals surface area contributed by atoms with Crippen LogP contribution in [0.5, 0.6) is 0 Å². The van der Waals surface area contributed by atoms with Crippen LogP contribution in [0, 0.1) is 13.8 Å². The first-order valence-corrected chi connectivity index (χ1v) is 9.35. The Morgan fingerprint density at radius 2 is 2.04 bits per heavy atom. The number of thiophene rings is 1. The van der Waals surface area contributed by atoms with Crippen molar-refractivity contribution in [3.8, 4) is 0 Å². The Labute approximate surface area is 162 Å². The lowest BCUT2D eigenvalue weighted by Crippen LogP contribution is -2.10. The fourth-order valence-electron chi connectivity index (χ4n) is 2.89. The van der Waals surface area contributed by atoms with E-state index in [0.29, 0.717) is 37.2 Å². The Morgan fingerprint density at radius 1 is 1.26 bits per heavy atom.